The zero-order valence-electron chi connectivity index (χ0n) is 12.1. The van der Waals surface area contributed by atoms with Crippen molar-refractivity contribution in [3.8, 4) is 11.5 Å². The number of methoxy groups -OCH3 is 2. The molecule has 1 rings (SSSR count). The molecule has 1 N–H and O–H groups in total. The Balaban J connectivity index is 3.09. The summed E-state index contributed by atoms with van der Waals surface area (Å²) >= 11 is 0. The van der Waals surface area contributed by atoms with Crippen LogP contribution in [0.25, 0.3) is 0 Å². The smallest absolute Gasteiger partial charge is 0.122 e. The van der Waals surface area contributed by atoms with Crippen molar-refractivity contribution >= 4 is 0 Å². The van der Waals surface area contributed by atoms with Crippen molar-refractivity contribution in [2.24, 2.45) is 5.92 Å². The predicted molar refractivity (Wildman–Crippen MR) is 75.4 cm³/mol. The van der Waals surface area contributed by atoms with E-state index < -0.39 is 0 Å². The highest BCUT2D eigenvalue weighted by Gasteiger charge is 2.18. The first-order valence-electron chi connectivity index (χ1n) is 6.62. The first-order chi connectivity index (χ1) is 8.65. The average Bonchev–Trinajstić information content (AvgIpc) is 2.43. The van der Waals surface area contributed by atoms with Gasteiger partial charge in [-0.2, -0.15) is 0 Å². The molecule has 1 aromatic carbocycles. The fourth-order valence-corrected chi connectivity index (χ4v) is 2.11. The standard InChI is InChI=1S/C15H25NO2/c1-6-11(3)15(16-7-2)12-8-13(17-4)10-14(9-12)18-5/h8-11,15-16H,6-7H2,1-5H3. The maximum absolute atomic E-state index is 5.33. The van der Waals surface area contributed by atoms with Crippen molar-refractivity contribution in [3.05, 3.63) is 23.8 Å². The van der Waals surface area contributed by atoms with Crippen LogP contribution < -0.4 is 14.8 Å². The summed E-state index contributed by atoms with van der Waals surface area (Å²) < 4.78 is 10.7. The highest BCUT2D eigenvalue weighted by atomic mass is 16.5. The summed E-state index contributed by atoms with van der Waals surface area (Å²) in [6.45, 7) is 7.56. The van der Waals surface area contributed by atoms with Crippen LogP contribution in [0.15, 0.2) is 18.2 Å². The average molecular weight is 251 g/mol. The zero-order valence-corrected chi connectivity index (χ0v) is 12.1. The van der Waals surface area contributed by atoms with Crippen molar-refractivity contribution in [3.63, 3.8) is 0 Å². The molecule has 0 spiro atoms. The molecule has 2 atom stereocenters. The van der Waals surface area contributed by atoms with E-state index >= 15 is 0 Å². The quantitative estimate of drug-likeness (QED) is 0.805. The van der Waals surface area contributed by atoms with Crippen LogP contribution in [-0.4, -0.2) is 20.8 Å². The van der Waals surface area contributed by atoms with E-state index in [0.29, 0.717) is 12.0 Å². The molecule has 0 aliphatic rings. The lowest BCUT2D eigenvalue weighted by Crippen LogP contribution is -2.26. The second kappa shape index (κ2) is 7.27. The Labute approximate surface area is 110 Å². The van der Waals surface area contributed by atoms with E-state index in [0.717, 1.165) is 24.5 Å². The zero-order chi connectivity index (χ0) is 13.5. The van der Waals surface area contributed by atoms with Gasteiger partial charge in [-0.05, 0) is 30.2 Å². The third-order valence-corrected chi connectivity index (χ3v) is 3.37. The first-order valence-corrected chi connectivity index (χ1v) is 6.62. The van der Waals surface area contributed by atoms with E-state index in [1.54, 1.807) is 14.2 Å². The van der Waals surface area contributed by atoms with Crippen LogP contribution in [0.3, 0.4) is 0 Å². The van der Waals surface area contributed by atoms with Gasteiger partial charge in [0.2, 0.25) is 0 Å². The summed E-state index contributed by atoms with van der Waals surface area (Å²) in [4.78, 5) is 0. The largest absolute Gasteiger partial charge is 0.497 e. The van der Waals surface area contributed by atoms with E-state index in [1.807, 2.05) is 6.07 Å². The molecule has 0 aromatic heterocycles. The van der Waals surface area contributed by atoms with E-state index in [-0.39, 0.29) is 0 Å². The lowest BCUT2D eigenvalue weighted by molar-refractivity contribution is 0.370. The minimum absolute atomic E-state index is 0.337. The van der Waals surface area contributed by atoms with Crippen molar-refractivity contribution in [2.75, 3.05) is 20.8 Å². The Kier molecular flexibility index (Phi) is 5.99. The topological polar surface area (TPSA) is 30.5 Å². The number of ether oxygens (including phenoxy) is 2. The lowest BCUT2D eigenvalue weighted by atomic mass is 9.92. The van der Waals surface area contributed by atoms with Crippen LogP contribution in [0.4, 0.5) is 0 Å². The molecule has 18 heavy (non-hydrogen) atoms. The van der Waals surface area contributed by atoms with Crippen molar-refractivity contribution in [2.45, 2.75) is 33.2 Å². The molecular weight excluding hydrogens is 226 g/mol. The molecule has 0 saturated carbocycles. The van der Waals surface area contributed by atoms with Gasteiger partial charge in [-0.15, -0.1) is 0 Å². The van der Waals surface area contributed by atoms with Crippen molar-refractivity contribution in [1.29, 1.82) is 0 Å². The van der Waals surface area contributed by atoms with Crippen LogP contribution >= 0.6 is 0 Å². The van der Waals surface area contributed by atoms with Gasteiger partial charge in [0, 0.05) is 12.1 Å². The summed E-state index contributed by atoms with van der Waals surface area (Å²) in [5.41, 5.74) is 1.22. The highest BCUT2D eigenvalue weighted by molar-refractivity contribution is 5.40. The SMILES string of the molecule is CCNC(c1cc(OC)cc(OC)c1)C(C)CC. The molecule has 3 heteroatoms. The Morgan fingerprint density at radius 3 is 2.00 bits per heavy atom. The van der Waals surface area contributed by atoms with Gasteiger partial charge in [-0.25, -0.2) is 0 Å². The summed E-state index contributed by atoms with van der Waals surface area (Å²) in [6, 6.07) is 6.41. The summed E-state index contributed by atoms with van der Waals surface area (Å²) in [5.74, 6) is 2.26. The third kappa shape index (κ3) is 3.64. The Hall–Kier alpha value is -1.22. The monoisotopic (exact) mass is 251 g/mol. The van der Waals surface area contributed by atoms with Gasteiger partial charge in [0.1, 0.15) is 11.5 Å². The van der Waals surface area contributed by atoms with Crippen molar-refractivity contribution < 1.29 is 9.47 Å². The summed E-state index contributed by atoms with van der Waals surface area (Å²) in [7, 11) is 3.37. The van der Waals surface area contributed by atoms with Crippen LogP contribution in [0.1, 0.15) is 38.8 Å². The lowest BCUT2D eigenvalue weighted by Gasteiger charge is -2.25. The van der Waals surface area contributed by atoms with Gasteiger partial charge in [-0.1, -0.05) is 27.2 Å². The number of benzene rings is 1. The van der Waals surface area contributed by atoms with Gasteiger partial charge < -0.3 is 14.8 Å². The van der Waals surface area contributed by atoms with E-state index in [9.17, 15) is 0 Å². The van der Waals surface area contributed by atoms with Gasteiger partial charge in [0.15, 0.2) is 0 Å². The fraction of sp³-hybridized carbons (Fsp3) is 0.600. The molecule has 0 aliphatic carbocycles. The van der Waals surface area contributed by atoms with Crippen LogP contribution in [0, 0.1) is 5.92 Å². The van der Waals surface area contributed by atoms with Crippen molar-refractivity contribution in [1.82, 2.24) is 5.32 Å². The highest BCUT2D eigenvalue weighted by Crippen LogP contribution is 2.31. The molecule has 3 nitrogen and oxygen atoms in total. The number of hydrogen-bond acceptors (Lipinski definition) is 3. The normalized spacial score (nSPS) is 14.1. The molecule has 0 radical (unpaired) electrons. The van der Waals surface area contributed by atoms with Crippen LogP contribution in [0.5, 0.6) is 11.5 Å². The van der Waals surface area contributed by atoms with Gasteiger partial charge in [-0.3, -0.25) is 0 Å². The molecule has 0 fully saturated rings. The first kappa shape index (κ1) is 14.8. The predicted octanol–water partition coefficient (Wildman–Crippen LogP) is 3.40. The number of nitrogens with one attached hydrogen (secondary N) is 1. The summed E-state index contributed by atoms with van der Waals surface area (Å²) in [6.07, 6.45) is 1.14. The maximum Gasteiger partial charge on any atom is 0.122 e. The molecule has 2 unspecified atom stereocenters. The second-order valence-electron chi connectivity index (χ2n) is 4.57. The van der Waals surface area contributed by atoms with Crippen LogP contribution in [-0.2, 0) is 0 Å². The number of hydrogen-bond donors (Lipinski definition) is 1. The maximum atomic E-state index is 5.33. The molecular formula is C15H25NO2. The Bertz CT molecular complexity index is 343. The van der Waals surface area contributed by atoms with E-state index in [4.69, 9.17) is 9.47 Å². The van der Waals surface area contributed by atoms with Crippen LogP contribution in [0.2, 0.25) is 0 Å². The molecule has 0 saturated heterocycles. The fourth-order valence-electron chi connectivity index (χ4n) is 2.11. The minimum atomic E-state index is 0.337. The Morgan fingerprint density at radius 1 is 1.06 bits per heavy atom. The second-order valence-corrected chi connectivity index (χ2v) is 4.57. The van der Waals surface area contributed by atoms with E-state index in [1.165, 1.54) is 5.56 Å². The molecule has 102 valence electrons. The minimum Gasteiger partial charge on any atom is -0.497 e. The van der Waals surface area contributed by atoms with Gasteiger partial charge in [0.05, 0.1) is 14.2 Å². The molecule has 0 bridgehead atoms. The van der Waals surface area contributed by atoms with Gasteiger partial charge in [0.25, 0.3) is 0 Å². The molecule has 0 heterocycles. The summed E-state index contributed by atoms with van der Waals surface area (Å²) in [5, 5.41) is 3.54. The van der Waals surface area contributed by atoms with E-state index in [2.05, 4.69) is 38.2 Å². The molecule has 0 amide bonds. The Morgan fingerprint density at radius 2 is 1.61 bits per heavy atom. The number of rotatable bonds is 7. The third-order valence-electron chi connectivity index (χ3n) is 3.37. The van der Waals surface area contributed by atoms with Gasteiger partial charge >= 0.3 is 0 Å². The molecule has 1 aromatic rings. The molecule has 0 aliphatic heterocycles.